The number of sulfonamides is 1. The van der Waals surface area contributed by atoms with Crippen molar-refractivity contribution in [2.45, 2.75) is 30.7 Å². The molecule has 1 aliphatic heterocycles. The first-order chi connectivity index (χ1) is 11.3. The van der Waals surface area contributed by atoms with Gasteiger partial charge in [0.15, 0.2) is 0 Å². The maximum Gasteiger partial charge on any atom is 0.243 e. The van der Waals surface area contributed by atoms with E-state index in [-0.39, 0.29) is 23.4 Å². The van der Waals surface area contributed by atoms with Crippen LogP contribution < -0.4 is 5.73 Å². The third-order valence-electron chi connectivity index (χ3n) is 4.58. The molecule has 0 spiro atoms. The maximum absolute atomic E-state index is 13.5. The summed E-state index contributed by atoms with van der Waals surface area (Å²) >= 11 is 0. The van der Waals surface area contributed by atoms with Gasteiger partial charge in [0.05, 0.1) is 4.90 Å². The highest BCUT2D eigenvalue weighted by Gasteiger charge is 2.39. The van der Waals surface area contributed by atoms with Gasteiger partial charge in [0.2, 0.25) is 10.0 Å². The zero-order valence-electron chi connectivity index (χ0n) is 13.7. The Morgan fingerprint density at radius 3 is 2.25 bits per heavy atom. The van der Waals surface area contributed by atoms with Crippen LogP contribution in [0.2, 0.25) is 0 Å². The topological polar surface area (TPSA) is 63.4 Å². The minimum atomic E-state index is -3.70. The second kappa shape index (κ2) is 6.27. The summed E-state index contributed by atoms with van der Waals surface area (Å²) in [5, 5.41) is 0. The fourth-order valence-corrected chi connectivity index (χ4v) is 5.39. The van der Waals surface area contributed by atoms with Crippen LogP contribution in [0.15, 0.2) is 47.4 Å². The van der Waals surface area contributed by atoms with E-state index in [0.29, 0.717) is 17.7 Å². The van der Waals surface area contributed by atoms with Crippen LogP contribution >= 0.6 is 0 Å². The summed E-state index contributed by atoms with van der Waals surface area (Å²) in [6.45, 7) is 3.84. The molecule has 1 saturated heterocycles. The first kappa shape index (κ1) is 17.1. The quantitative estimate of drug-likeness (QED) is 0.927. The Morgan fingerprint density at radius 2 is 1.67 bits per heavy atom. The molecule has 1 aliphatic rings. The lowest BCUT2D eigenvalue weighted by Crippen LogP contribution is -2.33. The zero-order valence-corrected chi connectivity index (χ0v) is 14.6. The minimum absolute atomic E-state index is 0.0398. The van der Waals surface area contributed by atoms with Gasteiger partial charge < -0.3 is 5.73 Å². The molecule has 24 heavy (non-hydrogen) atoms. The molecule has 1 fully saturated rings. The van der Waals surface area contributed by atoms with Gasteiger partial charge in [-0.25, -0.2) is 12.8 Å². The Balaban J connectivity index is 1.95. The minimum Gasteiger partial charge on any atom is -0.326 e. The van der Waals surface area contributed by atoms with E-state index in [1.165, 1.54) is 16.4 Å². The van der Waals surface area contributed by atoms with Gasteiger partial charge in [-0.15, -0.1) is 0 Å². The van der Waals surface area contributed by atoms with E-state index >= 15 is 0 Å². The summed E-state index contributed by atoms with van der Waals surface area (Å²) in [4.78, 5) is 0.185. The molecule has 0 amide bonds. The van der Waals surface area contributed by atoms with Crippen molar-refractivity contribution in [1.29, 1.82) is 0 Å². The SMILES string of the molecule is Cc1cc(F)cc(C)c1S(=O)(=O)N1C[C@@H](N)[C@H](c2ccccc2)C1. The summed E-state index contributed by atoms with van der Waals surface area (Å²) in [7, 11) is -3.70. The third kappa shape index (κ3) is 2.97. The van der Waals surface area contributed by atoms with Crippen LogP contribution in [-0.2, 0) is 10.0 Å². The molecule has 0 saturated carbocycles. The van der Waals surface area contributed by atoms with Crippen molar-refractivity contribution >= 4 is 10.0 Å². The highest BCUT2D eigenvalue weighted by Crippen LogP contribution is 2.32. The fraction of sp³-hybridized carbons (Fsp3) is 0.333. The third-order valence-corrected chi connectivity index (χ3v) is 6.72. The van der Waals surface area contributed by atoms with Crippen LogP contribution in [0.4, 0.5) is 4.39 Å². The smallest absolute Gasteiger partial charge is 0.243 e. The number of nitrogens with two attached hydrogens (primary N) is 1. The predicted octanol–water partition coefficient (Wildman–Crippen LogP) is 2.56. The molecule has 2 aromatic carbocycles. The molecule has 4 nitrogen and oxygen atoms in total. The predicted molar refractivity (Wildman–Crippen MR) is 91.8 cm³/mol. The first-order valence-electron chi connectivity index (χ1n) is 7.88. The largest absolute Gasteiger partial charge is 0.326 e. The second-order valence-corrected chi connectivity index (χ2v) is 8.25. The number of aryl methyl sites for hydroxylation is 2. The lowest BCUT2D eigenvalue weighted by Gasteiger charge is -2.19. The monoisotopic (exact) mass is 348 g/mol. The maximum atomic E-state index is 13.5. The van der Waals surface area contributed by atoms with E-state index in [0.717, 1.165) is 5.56 Å². The molecule has 0 aliphatic carbocycles. The number of halogens is 1. The van der Waals surface area contributed by atoms with Crippen molar-refractivity contribution in [3.05, 3.63) is 65.0 Å². The highest BCUT2D eigenvalue weighted by molar-refractivity contribution is 7.89. The molecule has 0 radical (unpaired) electrons. The Hall–Kier alpha value is -1.76. The van der Waals surface area contributed by atoms with E-state index in [1.54, 1.807) is 13.8 Å². The van der Waals surface area contributed by atoms with Gasteiger partial charge in [-0.05, 0) is 42.7 Å². The van der Waals surface area contributed by atoms with Crippen molar-refractivity contribution in [3.8, 4) is 0 Å². The fourth-order valence-electron chi connectivity index (χ4n) is 3.47. The van der Waals surface area contributed by atoms with Crippen LogP contribution in [0.25, 0.3) is 0 Å². The molecular weight excluding hydrogens is 327 g/mol. The number of hydrogen-bond donors (Lipinski definition) is 1. The van der Waals surface area contributed by atoms with Crippen LogP contribution in [0.5, 0.6) is 0 Å². The van der Waals surface area contributed by atoms with Gasteiger partial charge in [-0.1, -0.05) is 30.3 Å². The molecule has 0 aromatic heterocycles. The lowest BCUT2D eigenvalue weighted by atomic mass is 9.95. The van der Waals surface area contributed by atoms with Crippen molar-refractivity contribution in [2.75, 3.05) is 13.1 Å². The summed E-state index contributed by atoms with van der Waals surface area (Å²) < 4.78 is 41.0. The molecule has 2 N–H and O–H groups in total. The average molecular weight is 348 g/mol. The standard InChI is InChI=1S/C18H21FN2O2S/c1-12-8-15(19)9-13(2)18(12)24(22,23)21-10-16(17(20)11-21)14-6-4-3-5-7-14/h3-9,16-17H,10-11,20H2,1-2H3/t16-,17+/m0/s1. The van der Waals surface area contributed by atoms with Crippen molar-refractivity contribution in [1.82, 2.24) is 4.31 Å². The Kier molecular flexibility index (Phi) is 4.46. The molecule has 128 valence electrons. The summed E-state index contributed by atoms with van der Waals surface area (Å²) in [6, 6.07) is 12.0. The molecule has 3 rings (SSSR count). The zero-order chi connectivity index (χ0) is 17.5. The number of hydrogen-bond acceptors (Lipinski definition) is 3. The summed E-state index contributed by atoms with van der Waals surface area (Å²) in [5.41, 5.74) is 8.09. The molecule has 2 atom stereocenters. The Morgan fingerprint density at radius 1 is 1.08 bits per heavy atom. The van der Waals surface area contributed by atoms with Crippen LogP contribution in [0.3, 0.4) is 0 Å². The number of nitrogens with zero attached hydrogens (tertiary/aromatic N) is 1. The number of rotatable bonds is 3. The first-order valence-corrected chi connectivity index (χ1v) is 9.32. The van der Waals surface area contributed by atoms with Gasteiger partial charge in [-0.2, -0.15) is 4.31 Å². The van der Waals surface area contributed by atoms with Crippen LogP contribution in [0, 0.1) is 19.7 Å². The van der Waals surface area contributed by atoms with E-state index in [1.807, 2.05) is 30.3 Å². The van der Waals surface area contributed by atoms with Crippen LogP contribution in [0.1, 0.15) is 22.6 Å². The van der Waals surface area contributed by atoms with E-state index < -0.39 is 15.8 Å². The van der Waals surface area contributed by atoms with Crippen molar-refractivity contribution in [3.63, 3.8) is 0 Å². The average Bonchev–Trinajstić information content (AvgIpc) is 2.89. The highest BCUT2D eigenvalue weighted by atomic mass is 32.2. The molecule has 1 heterocycles. The normalized spacial score (nSPS) is 22.0. The Bertz CT molecular complexity index is 830. The van der Waals surface area contributed by atoms with Crippen LogP contribution in [-0.4, -0.2) is 31.9 Å². The number of benzene rings is 2. The molecule has 2 aromatic rings. The molecular formula is C18H21FN2O2S. The summed E-state index contributed by atoms with van der Waals surface area (Å²) in [6.07, 6.45) is 0. The van der Waals surface area contributed by atoms with E-state index in [4.69, 9.17) is 5.73 Å². The van der Waals surface area contributed by atoms with Gasteiger partial charge >= 0.3 is 0 Å². The Labute approximate surface area is 142 Å². The van der Waals surface area contributed by atoms with Gasteiger partial charge in [0.25, 0.3) is 0 Å². The van der Waals surface area contributed by atoms with Crippen molar-refractivity contribution in [2.24, 2.45) is 5.73 Å². The van der Waals surface area contributed by atoms with E-state index in [2.05, 4.69) is 0 Å². The molecule has 0 bridgehead atoms. The lowest BCUT2D eigenvalue weighted by molar-refractivity contribution is 0.469. The molecule has 6 heteroatoms. The van der Waals surface area contributed by atoms with Gasteiger partial charge in [0, 0.05) is 25.0 Å². The van der Waals surface area contributed by atoms with E-state index in [9.17, 15) is 12.8 Å². The second-order valence-electron chi connectivity index (χ2n) is 6.37. The van der Waals surface area contributed by atoms with Gasteiger partial charge in [0.1, 0.15) is 5.82 Å². The summed E-state index contributed by atoms with van der Waals surface area (Å²) in [5.74, 6) is -0.466. The molecule has 0 unspecified atom stereocenters. The van der Waals surface area contributed by atoms with Crippen molar-refractivity contribution < 1.29 is 12.8 Å². The van der Waals surface area contributed by atoms with Gasteiger partial charge in [-0.3, -0.25) is 0 Å².